The Bertz CT molecular complexity index is 309. The largest absolute Gasteiger partial charge is 0.298 e. The molecule has 1 heterocycles. The SMILES string of the molecule is CC(NOC1CCCC1)c1ccc(Cl)s1. The maximum atomic E-state index is 5.88. The molecule has 0 aliphatic heterocycles. The monoisotopic (exact) mass is 245 g/mol. The fraction of sp³-hybridized carbons (Fsp3) is 0.636. The van der Waals surface area contributed by atoms with Crippen LogP contribution in [0.15, 0.2) is 12.1 Å². The average molecular weight is 246 g/mol. The summed E-state index contributed by atoms with van der Waals surface area (Å²) in [5.41, 5.74) is 3.11. The zero-order chi connectivity index (χ0) is 10.7. The highest BCUT2D eigenvalue weighted by molar-refractivity contribution is 7.16. The Morgan fingerprint density at radius 3 is 2.80 bits per heavy atom. The van der Waals surface area contributed by atoms with E-state index in [9.17, 15) is 0 Å². The molecule has 1 aromatic rings. The summed E-state index contributed by atoms with van der Waals surface area (Å²) in [7, 11) is 0. The van der Waals surface area contributed by atoms with Gasteiger partial charge in [0.05, 0.1) is 16.5 Å². The van der Waals surface area contributed by atoms with Crippen molar-refractivity contribution in [3.8, 4) is 0 Å². The van der Waals surface area contributed by atoms with E-state index in [2.05, 4.69) is 12.4 Å². The van der Waals surface area contributed by atoms with E-state index >= 15 is 0 Å². The normalized spacial score (nSPS) is 19.6. The van der Waals surface area contributed by atoms with E-state index in [4.69, 9.17) is 16.4 Å². The van der Waals surface area contributed by atoms with Gasteiger partial charge in [-0.1, -0.05) is 24.4 Å². The zero-order valence-corrected chi connectivity index (χ0v) is 10.4. The lowest BCUT2D eigenvalue weighted by Crippen LogP contribution is -2.24. The summed E-state index contributed by atoms with van der Waals surface area (Å²) in [6, 6.07) is 4.20. The van der Waals surface area contributed by atoms with Gasteiger partial charge in [-0.3, -0.25) is 4.84 Å². The van der Waals surface area contributed by atoms with Crippen molar-refractivity contribution < 1.29 is 4.84 Å². The summed E-state index contributed by atoms with van der Waals surface area (Å²) in [6.45, 7) is 2.09. The minimum Gasteiger partial charge on any atom is -0.298 e. The van der Waals surface area contributed by atoms with Crippen LogP contribution in [-0.4, -0.2) is 6.10 Å². The first kappa shape index (κ1) is 11.4. The topological polar surface area (TPSA) is 21.3 Å². The molecule has 15 heavy (non-hydrogen) atoms. The number of rotatable bonds is 4. The van der Waals surface area contributed by atoms with Crippen LogP contribution in [0, 0.1) is 0 Å². The molecule has 0 bridgehead atoms. The Morgan fingerprint density at radius 2 is 2.20 bits per heavy atom. The Kier molecular flexibility index (Phi) is 4.03. The van der Waals surface area contributed by atoms with Crippen LogP contribution in [0.4, 0.5) is 0 Å². The van der Waals surface area contributed by atoms with Gasteiger partial charge in [-0.25, -0.2) is 0 Å². The highest BCUT2D eigenvalue weighted by Crippen LogP contribution is 2.27. The molecular formula is C11H16ClNOS. The highest BCUT2D eigenvalue weighted by atomic mass is 35.5. The molecule has 1 saturated carbocycles. The molecule has 1 aliphatic carbocycles. The van der Waals surface area contributed by atoms with Gasteiger partial charge in [0.2, 0.25) is 0 Å². The summed E-state index contributed by atoms with van der Waals surface area (Å²) >= 11 is 7.48. The van der Waals surface area contributed by atoms with E-state index < -0.39 is 0 Å². The molecule has 84 valence electrons. The molecule has 0 radical (unpaired) electrons. The van der Waals surface area contributed by atoms with Gasteiger partial charge in [0, 0.05) is 4.88 Å². The average Bonchev–Trinajstić information content (AvgIpc) is 2.84. The smallest absolute Gasteiger partial charge is 0.0931 e. The van der Waals surface area contributed by atoms with Crippen LogP contribution in [0.2, 0.25) is 4.34 Å². The number of halogens is 1. The highest BCUT2D eigenvalue weighted by Gasteiger charge is 2.17. The van der Waals surface area contributed by atoms with Crippen molar-refractivity contribution in [2.75, 3.05) is 0 Å². The standard InChI is InChI=1S/C11H16ClNOS/c1-8(10-6-7-11(12)15-10)13-14-9-4-2-3-5-9/h6-9,13H,2-5H2,1H3. The van der Waals surface area contributed by atoms with Gasteiger partial charge in [0.15, 0.2) is 0 Å². The van der Waals surface area contributed by atoms with Crippen LogP contribution < -0.4 is 5.48 Å². The van der Waals surface area contributed by atoms with Crippen LogP contribution in [0.25, 0.3) is 0 Å². The predicted molar refractivity (Wildman–Crippen MR) is 64.2 cm³/mol. The Morgan fingerprint density at radius 1 is 1.47 bits per heavy atom. The van der Waals surface area contributed by atoms with Crippen molar-refractivity contribution in [3.63, 3.8) is 0 Å². The summed E-state index contributed by atoms with van der Waals surface area (Å²) in [5, 5.41) is 0. The van der Waals surface area contributed by atoms with Gasteiger partial charge in [-0.15, -0.1) is 11.3 Å². The van der Waals surface area contributed by atoms with Crippen LogP contribution in [0.5, 0.6) is 0 Å². The summed E-state index contributed by atoms with van der Waals surface area (Å²) < 4.78 is 0.833. The molecule has 1 fully saturated rings. The number of nitrogens with one attached hydrogen (secondary N) is 1. The van der Waals surface area contributed by atoms with E-state index in [1.807, 2.05) is 12.1 Å². The van der Waals surface area contributed by atoms with Crippen molar-refractivity contribution >= 4 is 22.9 Å². The van der Waals surface area contributed by atoms with E-state index in [0.717, 1.165) is 4.34 Å². The molecule has 1 unspecified atom stereocenters. The fourth-order valence-electron chi connectivity index (χ4n) is 1.82. The quantitative estimate of drug-likeness (QED) is 0.812. The van der Waals surface area contributed by atoms with Crippen LogP contribution >= 0.6 is 22.9 Å². The molecule has 1 aromatic heterocycles. The first-order valence-corrected chi connectivity index (χ1v) is 6.61. The fourth-order valence-corrected chi connectivity index (χ4v) is 2.88. The first-order chi connectivity index (χ1) is 7.25. The lowest BCUT2D eigenvalue weighted by atomic mass is 10.3. The zero-order valence-electron chi connectivity index (χ0n) is 8.83. The number of hydroxylamine groups is 1. The third-order valence-corrected chi connectivity index (χ3v) is 4.15. The van der Waals surface area contributed by atoms with Crippen molar-refractivity contribution in [1.82, 2.24) is 5.48 Å². The second kappa shape index (κ2) is 5.30. The maximum absolute atomic E-state index is 5.88. The summed E-state index contributed by atoms with van der Waals surface area (Å²) in [4.78, 5) is 6.86. The Labute approximate surface area is 99.5 Å². The minimum atomic E-state index is 0.225. The molecule has 1 atom stereocenters. The lowest BCUT2D eigenvalue weighted by molar-refractivity contribution is -0.0371. The van der Waals surface area contributed by atoms with Gasteiger partial charge in [-0.05, 0) is 31.9 Å². The second-order valence-electron chi connectivity index (χ2n) is 4.01. The summed E-state index contributed by atoms with van der Waals surface area (Å²) in [5.74, 6) is 0. The molecular weight excluding hydrogens is 230 g/mol. The van der Waals surface area contributed by atoms with Crippen LogP contribution in [0.3, 0.4) is 0 Å². The predicted octanol–water partition coefficient (Wildman–Crippen LogP) is 3.93. The molecule has 2 nitrogen and oxygen atoms in total. The Balaban J connectivity index is 1.79. The number of thiophene rings is 1. The molecule has 0 spiro atoms. The molecule has 2 rings (SSSR count). The molecule has 0 aromatic carbocycles. The number of hydrogen-bond acceptors (Lipinski definition) is 3. The summed E-state index contributed by atoms with van der Waals surface area (Å²) in [6.07, 6.45) is 5.37. The van der Waals surface area contributed by atoms with Crippen molar-refractivity contribution in [2.24, 2.45) is 0 Å². The molecule has 0 saturated heterocycles. The first-order valence-electron chi connectivity index (χ1n) is 5.42. The number of hydrogen-bond donors (Lipinski definition) is 1. The molecule has 0 amide bonds. The molecule has 4 heteroatoms. The minimum absolute atomic E-state index is 0.225. The maximum Gasteiger partial charge on any atom is 0.0931 e. The van der Waals surface area contributed by atoms with Gasteiger partial charge < -0.3 is 0 Å². The Hall–Kier alpha value is -0.0900. The lowest BCUT2D eigenvalue weighted by Gasteiger charge is -2.16. The van der Waals surface area contributed by atoms with Gasteiger partial charge >= 0.3 is 0 Å². The van der Waals surface area contributed by atoms with Crippen molar-refractivity contribution in [2.45, 2.75) is 44.8 Å². The van der Waals surface area contributed by atoms with Gasteiger partial charge in [0.1, 0.15) is 0 Å². The third kappa shape index (κ3) is 3.18. The third-order valence-electron chi connectivity index (χ3n) is 2.73. The van der Waals surface area contributed by atoms with Crippen molar-refractivity contribution in [3.05, 3.63) is 21.3 Å². The van der Waals surface area contributed by atoms with E-state index in [-0.39, 0.29) is 6.04 Å². The molecule has 1 aliphatic rings. The van der Waals surface area contributed by atoms with E-state index in [1.165, 1.54) is 30.6 Å². The second-order valence-corrected chi connectivity index (χ2v) is 5.75. The van der Waals surface area contributed by atoms with Gasteiger partial charge in [0.25, 0.3) is 0 Å². The van der Waals surface area contributed by atoms with E-state index in [0.29, 0.717) is 6.10 Å². The van der Waals surface area contributed by atoms with Crippen LogP contribution in [-0.2, 0) is 4.84 Å². The molecule has 1 N–H and O–H groups in total. The van der Waals surface area contributed by atoms with E-state index in [1.54, 1.807) is 11.3 Å². The van der Waals surface area contributed by atoms with Crippen molar-refractivity contribution in [1.29, 1.82) is 0 Å². The van der Waals surface area contributed by atoms with Crippen LogP contribution in [0.1, 0.15) is 43.5 Å². The van der Waals surface area contributed by atoms with Gasteiger partial charge in [-0.2, -0.15) is 5.48 Å².